The van der Waals surface area contributed by atoms with E-state index in [9.17, 15) is 17.9 Å². The number of nitrogens with zero attached hydrogens (tertiary/aromatic N) is 1. The molecule has 1 aromatic rings. The smallest absolute Gasteiger partial charge is 0.243 e. The minimum absolute atomic E-state index is 0.166. The SMILES string of the molecule is CCCC(C)N(C)S(=O)(=O)c1cc(F)ccc1CO. The first kappa shape index (κ1) is 16.1. The number of hydrogen-bond donors (Lipinski definition) is 1. The molecule has 1 unspecified atom stereocenters. The second-order valence-corrected chi connectivity index (χ2v) is 6.54. The fourth-order valence-electron chi connectivity index (χ4n) is 1.89. The van der Waals surface area contributed by atoms with Crippen molar-refractivity contribution in [3.05, 3.63) is 29.6 Å². The van der Waals surface area contributed by atoms with Crippen molar-refractivity contribution in [3.63, 3.8) is 0 Å². The Morgan fingerprint density at radius 2 is 2.05 bits per heavy atom. The Kier molecular flexibility index (Phi) is 5.46. The third kappa shape index (κ3) is 3.52. The minimum Gasteiger partial charge on any atom is -0.392 e. The molecule has 0 amide bonds. The van der Waals surface area contributed by atoms with Crippen molar-refractivity contribution in [2.24, 2.45) is 0 Å². The summed E-state index contributed by atoms with van der Waals surface area (Å²) in [6, 6.07) is 3.21. The zero-order chi connectivity index (χ0) is 14.6. The van der Waals surface area contributed by atoms with E-state index in [2.05, 4.69) is 0 Å². The molecule has 0 saturated carbocycles. The van der Waals surface area contributed by atoms with Crippen LogP contribution in [-0.4, -0.2) is 30.9 Å². The molecule has 1 atom stereocenters. The summed E-state index contributed by atoms with van der Waals surface area (Å²) in [7, 11) is -2.32. The normalized spacial score (nSPS) is 13.8. The molecule has 0 saturated heterocycles. The van der Waals surface area contributed by atoms with Gasteiger partial charge in [-0.15, -0.1) is 0 Å². The quantitative estimate of drug-likeness (QED) is 0.872. The third-order valence-electron chi connectivity index (χ3n) is 3.18. The Morgan fingerprint density at radius 3 is 2.58 bits per heavy atom. The van der Waals surface area contributed by atoms with Crippen LogP contribution in [0.1, 0.15) is 32.3 Å². The average Bonchev–Trinajstić information content (AvgIpc) is 2.38. The maximum absolute atomic E-state index is 13.3. The number of hydrogen-bond acceptors (Lipinski definition) is 3. The number of halogens is 1. The van der Waals surface area contributed by atoms with Crippen LogP contribution < -0.4 is 0 Å². The molecular formula is C13H20FNO3S. The largest absolute Gasteiger partial charge is 0.392 e. The summed E-state index contributed by atoms with van der Waals surface area (Å²) < 4.78 is 39.3. The lowest BCUT2D eigenvalue weighted by molar-refractivity contribution is 0.277. The van der Waals surface area contributed by atoms with Gasteiger partial charge in [0.15, 0.2) is 0 Å². The molecule has 4 nitrogen and oxygen atoms in total. The topological polar surface area (TPSA) is 57.6 Å². The van der Waals surface area contributed by atoms with Gasteiger partial charge in [0.25, 0.3) is 0 Å². The zero-order valence-corrected chi connectivity index (χ0v) is 12.2. The molecule has 0 aliphatic heterocycles. The Balaban J connectivity index is 3.23. The molecule has 1 N–H and O–H groups in total. The first-order valence-electron chi connectivity index (χ1n) is 6.21. The second kappa shape index (κ2) is 6.45. The Hall–Kier alpha value is -0.980. The monoisotopic (exact) mass is 289 g/mol. The van der Waals surface area contributed by atoms with Crippen LogP contribution in [0.2, 0.25) is 0 Å². The number of aliphatic hydroxyl groups excluding tert-OH is 1. The van der Waals surface area contributed by atoms with Gasteiger partial charge in [0.2, 0.25) is 10.0 Å². The van der Waals surface area contributed by atoms with Crippen molar-refractivity contribution in [2.45, 2.75) is 44.2 Å². The van der Waals surface area contributed by atoms with Crippen LogP contribution in [0.5, 0.6) is 0 Å². The standard InChI is InChI=1S/C13H20FNO3S/c1-4-5-10(2)15(3)19(17,18)13-8-12(14)7-6-11(13)9-16/h6-8,10,16H,4-5,9H2,1-3H3. The van der Waals surface area contributed by atoms with Crippen LogP contribution in [-0.2, 0) is 16.6 Å². The van der Waals surface area contributed by atoms with Gasteiger partial charge in [-0.2, -0.15) is 4.31 Å². The molecule has 1 aromatic carbocycles. The summed E-state index contributed by atoms with van der Waals surface area (Å²) in [6.45, 7) is 3.34. The van der Waals surface area contributed by atoms with Crippen molar-refractivity contribution in [1.82, 2.24) is 4.31 Å². The average molecular weight is 289 g/mol. The lowest BCUT2D eigenvalue weighted by Gasteiger charge is -2.25. The summed E-state index contributed by atoms with van der Waals surface area (Å²) in [5, 5.41) is 9.19. The Labute approximate surface area is 113 Å². The van der Waals surface area contributed by atoms with E-state index >= 15 is 0 Å². The maximum atomic E-state index is 13.3. The van der Waals surface area contributed by atoms with Crippen molar-refractivity contribution in [3.8, 4) is 0 Å². The van der Waals surface area contributed by atoms with Crippen molar-refractivity contribution < 1.29 is 17.9 Å². The van der Waals surface area contributed by atoms with E-state index in [4.69, 9.17) is 0 Å². The number of rotatable bonds is 6. The Morgan fingerprint density at radius 1 is 1.42 bits per heavy atom. The maximum Gasteiger partial charge on any atom is 0.243 e. The summed E-state index contributed by atoms with van der Waals surface area (Å²) in [6.07, 6.45) is 1.58. The molecule has 6 heteroatoms. The van der Waals surface area contributed by atoms with Crippen LogP contribution in [0.25, 0.3) is 0 Å². The summed E-state index contributed by atoms with van der Waals surface area (Å²) in [4.78, 5) is -0.166. The van der Waals surface area contributed by atoms with Gasteiger partial charge in [-0.25, -0.2) is 12.8 Å². The molecule has 0 aliphatic rings. The molecule has 108 valence electrons. The second-order valence-electron chi connectivity index (χ2n) is 4.57. The van der Waals surface area contributed by atoms with Crippen molar-refractivity contribution >= 4 is 10.0 Å². The van der Waals surface area contributed by atoms with Crippen LogP contribution in [0.4, 0.5) is 4.39 Å². The fraction of sp³-hybridized carbons (Fsp3) is 0.538. The first-order valence-corrected chi connectivity index (χ1v) is 7.66. The lowest BCUT2D eigenvalue weighted by atomic mass is 10.2. The highest BCUT2D eigenvalue weighted by molar-refractivity contribution is 7.89. The Bertz CT molecular complexity index is 531. The number of benzene rings is 1. The van der Waals surface area contributed by atoms with E-state index in [-0.39, 0.29) is 16.5 Å². The highest BCUT2D eigenvalue weighted by atomic mass is 32.2. The van der Waals surface area contributed by atoms with E-state index < -0.39 is 22.4 Å². The van der Waals surface area contributed by atoms with E-state index in [0.29, 0.717) is 0 Å². The molecule has 0 aliphatic carbocycles. The molecule has 0 fully saturated rings. The van der Waals surface area contributed by atoms with Crippen LogP contribution in [0, 0.1) is 5.82 Å². The van der Waals surface area contributed by atoms with Gasteiger partial charge in [0, 0.05) is 13.1 Å². The first-order chi connectivity index (χ1) is 8.84. The van der Waals surface area contributed by atoms with E-state index in [1.54, 1.807) is 6.92 Å². The van der Waals surface area contributed by atoms with Gasteiger partial charge in [0.1, 0.15) is 5.82 Å². The molecule has 19 heavy (non-hydrogen) atoms. The summed E-state index contributed by atoms with van der Waals surface area (Å²) in [5.41, 5.74) is 0.206. The predicted molar refractivity (Wildman–Crippen MR) is 71.6 cm³/mol. The minimum atomic E-state index is -3.79. The van der Waals surface area contributed by atoms with E-state index in [0.717, 1.165) is 25.0 Å². The van der Waals surface area contributed by atoms with Gasteiger partial charge in [-0.3, -0.25) is 0 Å². The lowest BCUT2D eigenvalue weighted by Crippen LogP contribution is -2.35. The number of aliphatic hydroxyl groups is 1. The highest BCUT2D eigenvalue weighted by Gasteiger charge is 2.27. The van der Waals surface area contributed by atoms with Crippen LogP contribution >= 0.6 is 0 Å². The number of sulfonamides is 1. The molecule has 1 rings (SSSR count). The zero-order valence-electron chi connectivity index (χ0n) is 11.4. The van der Waals surface area contributed by atoms with Crippen LogP contribution in [0.15, 0.2) is 23.1 Å². The van der Waals surface area contributed by atoms with Gasteiger partial charge in [-0.1, -0.05) is 19.4 Å². The molecule has 0 radical (unpaired) electrons. The molecule has 0 aromatic heterocycles. The van der Waals surface area contributed by atoms with Crippen molar-refractivity contribution in [2.75, 3.05) is 7.05 Å². The third-order valence-corrected chi connectivity index (χ3v) is 5.24. The fourth-order valence-corrected chi connectivity index (χ4v) is 3.51. The van der Waals surface area contributed by atoms with Gasteiger partial charge in [0.05, 0.1) is 11.5 Å². The molecule has 0 bridgehead atoms. The van der Waals surface area contributed by atoms with Crippen molar-refractivity contribution in [1.29, 1.82) is 0 Å². The molecule has 0 heterocycles. The van der Waals surface area contributed by atoms with Crippen LogP contribution in [0.3, 0.4) is 0 Å². The summed E-state index contributed by atoms with van der Waals surface area (Å²) >= 11 is 0. The van der Waals surface area contributed by atoms with E-state index in [1.807, 2.05) is 6.92 Å². The molecular weight excluding hydrogens is 269 g/mol. The summed E-state index contributed by atoms with van der Waals surface area (Å²) in [5.74, 6) is -0.632. The van der Waals surface area contributed by atoms with E-state index in [1.165, 1.54) is 17.4 Å². The van der Waals surface area contributed by atoms with Gasteiger partial charge < -0.3 is 5.11 Å². The van der Waals surface area contributed by atoms with Gasteiger partial charge in [-0.05, 0) is 31.0 Å². The highest BCUT2D eigenvalue weighted by Crippen LogP contribution is 2.23. The van der Waals surface area contributed by atoms with Gasteiger partial charge >= 0.3 is 0 Å². The molecule has 0 spiro atoms. The predicted octanol–water partition coefficient (Wildman–Crippen LogP) is 2.13.